The molecule has 3 aromatic rings. The summed E-state index contributed by atoms with van der Waals surface area (Å²) in [5.74, 6) is 2.35. The molecule has 0 saturated carbocycles. The van der Waals surface area contributed by atoms with Crippen molar-refractivity contribution in [3.8, 4) is 28.4 Å². The largest absolute Gasteiger partial charge is 0.497 e. The number of hydrogen-bond donors (Lipinski definition) is 0. The molecule has 0 aromatic heterocycles. The molecule has 0 amide bonds. The molecule has 0 saturated heterocycles. The van der Waals surface area contributed by atoms with Crippen LogP contribution in [0, 0.1) is 0 Å². The number of hydrogen-bond acceptors (Lipinski definition) is 3. The molecule has 0 bridgehead atoms. The van der Waals surface area contributed by atoms with Crippen LogP contribution in [0.4, 0.5) is 0 Å². The van der Waals surface area contributed by atoms with Gasteiger partial charge in [0.2, 0.25) is 0 Å². The third kappa shape index (κ3) is 3.63. The van der Waals surface area contributed by atoms with Crippen molar-refractivity contribution >= 4 is 5.78 Å². The third-order valence-corrected chi connectivity index (χ3v) is 3.77. The molecule has 0 radical (unpaired) electrons. The quantitative estimate of drug-likeness (QED) is 0.594. The lowest BCUT2D eigenvalue weighted by Gasteiger charge is -2.08. The van der Waals surface area contributed by atoms with Crippen LogP contribution < -0.4 is 9.47 Å². The minimum absolute atomic E-state index is 0.0467. The maximum absolute atomic E-state index is 11.3. The van der Waals surface area contributed by atoms with Crippen LogP contribution in [-0.2, 0) is 0 Å². The average Bonchev–Trinajstić information content (AvgIpc) is 2.63. The van der Waals surface area contributed by atoms with Crippen LogP contribution in [0.2, 0.25) is 0 Å². The maximum Gasteiger partial charge on any atom is 0.159 e. The molecule has 0 unspecified atom stereocenters. The van der Waals surface area contributed by atoms with Crippen LogP contribution in [0.5, 0.6) is 17.2 Å². The molecule has 0 spiro atoms. The molecule has 3 rings (SSSR count). The van der Waals surface area contributed by atoms with Gasteiger partial charge in [-0.15, -0.1) is 0 Å². The number of rotatable bonds is 5. The van der Waals surface area contributed by atoms with Gasteiger partial charge in [0.15, 0.2) is 5.78 Å². The standard InChI is InChI=1S/C21H18O3/c1-15(22)16-3-11-20(12-4-16)24-21-13-7-18(8-14-21)17-5-9-19(23-2)10-6-17/h3-14H,1-2H3. The predicted octanol–water partition coefficient (Wildman–Crippen LogP) is 5.36. The Morgan fingerprint density at radius 2 is 1.08 bits per heavy atom. The number of ketones is 1. The van der Waals surface area contributed by atoms with E-state index in [0.717, 1.165) is 22.6 Å². The molecule has 0 aliphatic rings. The van der Waals surface area contributed by atoms with Crippen LogP contribution in [0.3, 0.4) is 0 Å². The Morgan fingerprint density at radius 3 is 1.50 bits per heavy atom. The fourth-order valence-electron chi connectivity index (χ4n) is 2.39. The number of ether oxygens (including phenoxy) is 2. The molecule has 24 heavy (non-hydrogen) atoms. The van der Waals surface area contributed by atoms with Crippen molar-refractivity contribution in [3.05, 3.63) is 78.4 Å². The Labute approximate surface area is 141 Å². The second kappa shape index (κ2) is 7.01. The highest BCUT2D eigenvalue weighted by atomic mass is 16.5. The Balaban J connectivity index is 1.72. The summed E-state index contributed by atoms with van der Waals surface area (Å²) in [6.07, 6.45) is 0. The minimum Gasteiger partial charge on any atom is -0.497 e. The number of carbonyl (C=O) groups excluding carboxylic acids is 1. The number of benzene rings is 3. The van der Waals surface area contributed by atoms with Crippen molar-refractivity contribution in [2.45, 2.75) is 6.92 Å². The summed E-state index contributed by atoms with van der Waals surface area (Å²) in [5.41, 5.74) is 2.90. The van der Waals surface area contributed by atoms with E-state index in [4.69, 9.17) is 9.47 Å². The van der Waals surface area contributed by atoms with Crippen molar-refractivity contribution in [3.63, 3.8) is 0 Å². The first kappa shape index (κ1) is 15.8. The van der Waals surface area contributed by atoms with Gasteiger partial charge in [0.1, 0.15) is 17.2 Å². The van der Waals surface area contributed by atoms with Gasteiger partial charge in [0.05, 0.1) is 7.11 Å². The third-order valence-electron chi connectivity index (χ3n) is 3.77. The lowest BCUT2D eigenvalue weighted by molar-refractivity contribution is 0.101. The van der Waals surface area contributed by atoms with Gasteiger partial charge < -0.3 is 9.47 Å². The molecule has 0 atom stereocenters. The molecule has 0 fully saturated rings. The van der Waals surface area contributed by atoms with E-state index in [1.807, 2.05) is 48.5 Å². The van der Waals surface area contributed by atoms with Crippen LogP contribution in [-0.4, -0.2) is 12.9 Å². The normalized spacial score (nSPS) is 10.2. The van der Waals surface area contributed by atoms with Crippen LogP contribution in [0.25, 0.3) is 11.1 Å². The van der Waals surface area contributed by atoms with Gasteiger partial charge >= 0.3 is 0 Å². The van der Waals surface area contributed by atoms with Crippen LogP contribution >= 0.6 is 0 Å². The van der Waals surface area contributed by atoms with E-state index >= 15 is 0 Å². The summed E-state index contributed by atoms with van der Waals surface area (Å²) in [7, 11) is 1.66. The second-order valence-corrected chi connectivity index (χ2v) is 5.44. The summed E-state index contributed by atoms with van der Waals surface area (Å²) in [5, 5.41) is 0. The zero-order chi connectivity index (χ0) is 16.9. The monoisotopic (exact) mass is 318 g/mol. The second-order valence-electron chi connectivity index (χ2n) is 5.44. The van der Waals surface area contributed by atoms with Gasteiger partial charge in [-0.05, 0) is 66.6 Å². The molecule has 3 nitrogen and oxygen atoms in total. The van der Waals surface area contributed by atoms with E-state index in [1.165, 1.54) is 0 Å². The van der Waals surface area contributed by atoms with Gasteiger partial charge in [-0.1, -0.05) is 24.3 Å². The van der Waals surface area contributed by atoms with Crippen molar-refractivity contribution in [1.82, 2.24) is 0 Å². The SMILES string of the molecule is COc1ccc(-c2ccc(Oc3ccc(C(C)=O)cc3)cc2)cc1. The molecule has 0 N–H and O–H groups in total. The molecule has 3 aromatic carbocycles. The minimum atomic E-state index is 0.0467. The Kier molecular flexibility index (Phi) is 4.62. The lowest BCUT2D eigenvalue weighted by atomic mass is 10.1. The Hall–Kier alpha value is -3.07. The van der Waals surface area contributed by atoms with Gasteiger partial charge in [-0.25, -0.2) is 0 Å². The van der Waals surface area contributed by atoms with Crippen molar-refractivity contribution in [2.24, 2.45) is 0 Å². The topological polar surface area (TPSA) is 35.5 Å². The summed E-state index contributed by atoms with van der Waals surface area (Å²) in [6.45, 7) is 1.55. The smallest absolute Gasteiger partial charge is 0.159 e. The van der Waals surface area contributed by atoms with E-state index in [9.17, 15) is 4.79 Å². The summed E-state index contributed by atoms with van der Waals surface area (Å²) >= 11 is 0. The fraction of sp³-hybridized carbons (Fsp3) is 0.0952. The zero-order valence-electron chi connectivity index (χ0n) is 13.7. The van der Waals surface area contributed by atoms with Crippen LogP contribution in [0.1, 0.15) is 17.3 Å². The van der Waals surface area contributed by atoms with Gasteiger partial charge in [0.25, 0.3) is 0 Å². The van der Waals surface area contributed by atoms with E-state index in [-0.39, 0.29) is 5.78 Å². The van der Waals surface area contributed by atoms with Gasteiger partial charge in [-0.2, -0.15) is 0 Å². The fourth-order valence-corrected chi connectivity index (χ4v) is 2.39. The first-order valence-electron chi connectivity index (χ1n) is 7.69. The van der Waals surface area contributed by atoms with E-state index in [1.54, 1.807) is 38.3 Å². The number of carbonyl (C=O) groups is 1. The Morgan fingerprint density at radius 1 is 0.667 bits per heavy atom. The van der Waals surface area contributed by atoms with Gasteiger partial charge in [0, 0.05) is 5.56 Å². The summed E-state index contributed by atoms with van der Waals surface area (Å²) in [6, 6.07) is 22.9. The van der Waals surface area contributed by atoms with E-state index < -0.39 is 0 Å². The van der Waals surface area contributed by atoms with Crippen molar-refractivity contribution < 1.29 is 14.3 Å². The van der Waals surface area contributed by atoms with Crippen molar-refractivity contribution in [1.29, 1.82) is 0 Å². The summed E-state index contributed by atoms with van der Waals surface area (Å²) < 4.78 is 11.0. The first-order valence-corrected chi connectivity index (χ1v) is 7.69. The average molecular weight is 318 g/mol. The highest BCUT2D eigenvalue weighted by molar-refractivity contribution is 5.94. The van der Waals surface area contributed by atoms with Crippen molar-refractivity contribution in [2.75, 3.05) is 7.11 Å². The molecule has 0 aliphatic heterocycles. The first-order chi connectivity index (χ1) is 11.7. The van der Waals surface area contributed by atoms with Crippen LogP contribution in [0.15, 0.2) is 72.8 Å². The molecule has 3 heteroatoms. The predicted molar refractivity (Wildman–Crippen MR) is 95.0 cm³/mol. The number of methoxy groups -OCH3 is 1. The lowest BCUT2D eigenvalue weighted by Crippen LogP contribution is -1.91. The Bertz CT molecular complexity index is 816. The molecule has 120 valence electrons. The van der Waals surface area contributed by atoms with E-state index in [0.29, 0.717) is 11.3 Å². The highest BCUT2D eigenvalue weighted by Gasteiger charge is 2.03. The molecule has 0 heterocycles. The zero-order valence-corrected chi connectivity index (χ0v) is 13.7. The maximum atomic E-state index is 11.3. The molecule has 0 aliphatic carbocycles. The molecular formula is C21H18O3. The van der Waals surface area contributed by atoms with E-state index in [2.05, 4.69) is 0 Å². The summed E-state index contributed by atoms with van der Waals surface area (Å²) in [4.78, 5) is 11.3. The highest BCUT2D eigenvalue weighted by Crippen LogP contribution is 2.27. The van der Waals surface area contributed by atoms with Gasteiger partial charge in [-0.3, -0.25) is 4.79 Å². The molecular weight excluding hydrogens is 300 g/mol. The number of Topliss-reactive ketones (excluding diaryl/α,β-unsaturated/α-hetero) is 1.